The minimum Gasteiger partial charge on any atom is -0.357 e. The molecule has 3 rings (SSSR count). The SMILES string of the molecule is CCNC(=NCCCc1nnc(SC)n1C1CCCC1)N1CCC(C)CC1. The second-order valence-corrected chi connectivity index (χ2v) is 8.69. The van der Waals surface area contributed by atoms with Gasteiger partial charge < -0.3 is 14.8 Å². The van der Waals surface area contributed by atoms with E-state index >= 15 is 0 Å². The lowest BCUT2D eigenvalue weighted by molar-refractivity contribution is 0.273. The van der Waals surface area contributed by atoms with Gasteiger partial charge in [-0.3, -0.25) is 4.99 Å². The smallest absolute Gasteiger partial charge is 0.193 e. The third-order valence-corrected chi connectivity index (χ3v) is 6.49. The number of aryl methyl sites for hydroxylation is 1. The minimum atomic E-state index is 0.605. The Morgan fingerprint density at radius 1 is 1.19 bits per heavy atom. The van der Waals surface area contributed by atoms with Crippen molar-refractivity contribution in [3.05, 3.63) is 5.82 Å². The topological polar surface area (TPSA) is 58.3 Å². The van der Waals surface area contributed by atoms with Gasteiger partial charge in [-0.05, 0) is 51.2 Å². The third kappa shape index (κ3) is 5.39. The molecule has 1 aliphatic heterocycles. The van der Waals surface area contributed by atoms with Crippen molar-refractivity contribution in [2.75, 3.05) is 32.4 Å². The summed E-state index contributed by atoms with van der Waals surface area (Å²) in [5, 5.41) is 13.5. The number of nitrogens with zero attached hydrogens (tertiary/aromatic N) is 5. The Kier molecular flexibility index (Phi) is 7.85. The Morgan fingerprint density at radius 2 is 1.93 bits per heavy atom. The molecule has 1 N–H and O–H groups in total. The summed E-state index contributed by atoms with van der Waals surface area (Å²) >= 11 is 1.72. The van der Waals surface area contributed by atoms with Crippen molar-refractivity contribution in [2.45, 2.75) is 76.4 Å². The molecular formula is C20H36N6S. The first-order valence-corrected chi connectivity index (χ1v) is 12.0. The monoisotopic (exact) mass is 392 g/mol. The first kappa shape index (κ1) is 20.5. The van der Waals surface area contributed by atoms with Crippen molar-refractivity contribution in [3.63, 3.8) is 0 Å². The quantitative estimate of drug-likeness (QED) is 0.331. The number of hydrogen-bond donors (Lipinski definition) is 1. The van der Waals surface area contributed by atoms with E-state index in [1.54, 1.807) is 11.8 Å². The molecule has 1 saturated carbocycles. The summed E-state index contributed by atoms with van der Waals surface area (Å²) in [6.07, 6.45) is 11.8. The van der Waals surface area contributed by atoms with Gasteiger partial charge in [-0.15, -0.1) is 10.2 Å². The van der Waals surface area contributed by atoms with Crippen LogP contribution in [0.5, 0.6) is 0 Å². The highest BCUT2D eigenvalue weighted by atomic mass is 32.2. The molecular weight excluding hydrogens is 356 g/mol. The fraction of sp³-hybridized carbons (Fsp3) is 0.850. The molecule has 0 radical (unpaired) electrons. The second kappa shape index (κ2) is 10.3. The van der Waals surface area contributed by atoms with Crippen molar-refractivity contribution in [2.24, 2.45) is 10.9 Å². The normalized spacial score (nSPS) is 19.8. The molecule has 1 saturated heterocycles. The molecule has 7 heteroatoms. The van der Waals surface area contributed by atoms with Gasteiger partial charge in [0.2, 0.25) is 0 Å². The molecule has 27 heavy (non-hydrogen) atoms. The van der Waals surface area contributed by atoms with Crippen LogP contribution in [-0.4, -0.2) is 58.1 Å². The van der Waals surface area contributed by atoms with Crippen LogP contribution in [0.25, 0.3) is 0 Å². The first-order valence-electron chi connectivity index (χ1n) is 10.7. The highest BCUT2D eigenvalue weighted by molar-refractivity contribution is 7.98. The van der Waals surface area contributed by atoms with Gasteiger partial charge in [-0.1, -0.05) is 31.5 Å². The Morgan fingerprint density at radius 3 is 2.59 bits per heavy atom. The summed E-state index contributed by atoms with van der Waals surface area (Å²) in [6.45, 7) is 8.53. The van der Waals surface area contributed by atoms with Crippen molar-refractivity contribution in [1.82, 2.24) is 25.0 Å². The van der Waals surface area contributed by atoms with Crippen molar-refractivity contribution >= 4 is 17.7 Å². The molecule has 0 bridgehead atoms. The Balaban J connectivity index is 1.56. The van der Waals surface area contributed by atoms with Gasteiger partial charge in [-0.2, -0.15) is 0 Å². The van der Waals surface area contributed by atoms with Crippen LogP contribution in [0.3, 0.4) is 0 Å². The van der Waals surface area contributed by atoms with Gasteiger partial charge in [0.15, 0.2) is 11.1 Å². The Labute approximate surface area is 168 Å². The molecule has 2 aliphatic rings. The number of aromatic nitrogens is 3. The first-order chi connectivity index (χ1) is 13.2. The maximum atomic E-state index is 4.90. The predicted molar refractivity (Wildman–Crippen MR) is 114 cm³/mol. The molecule has 0 aromatic carbocycles. The maximum Gasteiger partial charge on any atom is 0.193 e. The highest BCUT2D eigenvalue weighted by Crippen LogP contribution is 2.33. The van der Waals surface area contributed by atoms with E-state index in [-0.39, 0.29) is 0 Å². The van der Waals surface area contributed by atoms with Gasteiger partial charge in [0.05, 0.1) is 0 Å². The molecule has 6 nitrogen and oxygen atoms in total. The van der Waals surface area contributed by atoms with Crippen LogP contribution >= 0.6 is 11.8 Å². The summed E-state index contributed by atoms with van der Waals surface area (Å²) in [6, 6.07) is 0.605. The molecule has 0 unspecified atom stereocenters. The second-order valence-electron chi connectivity index (χ2n) is 7.92. The predicted octanol–water partition coefficient (Wildman–Crippen LogP) is 3.75. The van der Waals surface area contributed by atoms with Crippen LogP contribution in [0.1, 0.15) is 70.7 Å². The fourth-order valence-corrected chi connectivity index (χ4v) is 4.79. The summed E-state index contributed by atoms with van der Waals surface area (Å²) in [5.41, 5.74) is 0. The van der Waals surface area contributed by atoms with E-state index in [1.807, 2.05) is 0 Å². The van der Waals surface area contributed by atoms with E-state index in [2.05, 4.69) is 45.1 Å². The number of guanidine groups is 1. The van der Waals surface area contributed by atoms with Gasteiger partial charge >= 0.3 is 0 Å². The molecule has 0 amide bonds. The molecule has 1 aromatic heterocycles. The Hall–Kier alpha value is -1.24. The van der Waals surface area contributed by atoms with Crippen LogP contribution in [-0.2, 0) is 6.42 Å². The van der Waals surface area contributed by atoms with Crippen LogP contribution < -0.4 is 5.32 Å². The molecule has 152 valence electrons. The van der Waals surface area contributed by atoms with E-state index in [9.17, 15) is 0 Å². The van der Waals surface area contributed by atoms with Gasteiger partial charge in [0, 0.05) is 38.6 Å². The lowest BCUT2D eigenvalue weighted by atomic mass is 10.00. The van der Waals surface area contributed by atoms with E-state index in [4.69, 9.17) is 4.99 Å². The summed E-state index contributed by atoms with van der Waals surface area (Å²) in [5.74, 6) is 3.08. The number of likely N-dealkylation sites (tertiary alicyclic amines) is 1. The van der Waals surface area contributed by atoms with Crippen molar-refractivity contribution in [3.8, 4) is 0 Å². The fourth-order valence-electron chi connectivity index (χ4n) is 4.21. The number of nitrogens with one attached hydrogen (secondary N) is 1. The van der Waals surface area contributed by atoms with Crippen LogP contribution in [0.4, 0.5) is 0 Å². The van der Waals surface area contributed by atoms with E-state index in [0.717, 1.165) is 61.9 Å². The zero-order chi connectivity index (χ0) is 19.1. The number of rotatable bonds is 7. The summed E-state index contributed by atoms with van der Waals surface area (Å²) < 4.78 is 2.42. The van der Waals surface area contributed by atoms with E-state index < -0.39 is 0 Å². The average molecular weight is 393 g/mol. The largest absolute Gasteiger partial charge is 0.357 e. The van der Waals surface area contributed by atoms with Crippen LogP contribution in [0, 0.1) is 5.92 Å². The van der Waals surface area contributed by atoms with E-state index in [1.165, 1.54) is 38.5 Å². The number of thioether (sulfide) groups is 1. The lowest BCUT2D eigenvalue weighted by Gasteiger charge is -2.33. The van der Waals surface area contributed by atoms with Crippen molar-refractivity contribution in [1.29, 1.82) is 0 Å². The highest BCUT2D eigenvalue weighted by Gasteiger charge is 2.23. The summed E-state index contributed by atoms with van der Waals surface area (Å²) in [7, 11) is 0. The Bertz CT molecular complexity index is 600. The van der Waals surface area contributed by atoms with E-state index in [0.29, 0.717) is 6.04 Å². The molecule has 1 aliphatic carbocycles. The molecule has 1 aromatic rings. The van der Waals surface area contributed by atoms with Gasteiger partial charge in [0.25, 0.3) is 0 Å². The molecule has 0 spiro atoms. The number of piperidine rings is 1. The minimum absolute atomic E-state index is 0.605. The number of aliphatic imine (C=N–C) groups is 1. The lowest BCUT2D eigenvalue weighted by Crippen LogP contribution is -2.45. The zero-order valence-electron chi connectivity index (χ0n) is 17.3. The molecule has 2 fully saturated rings. The number of hydrogen-bond acceptors (Lipinski definition) is 4. The summed E-state index contributed by atoms with van der Waals surface area (Å²) in [4.78, 5) is 7.33. The van der Waals surface area contributed by atoms with Gasteiger partial charge in [-0.25, -0.2) is 0 Å². The molecule has 0 atom stereocenters. The van der Waals surface area contributed by atoms with Crippen molar-refractivity contribution < 1.29 is 0 Å². The third-order valence-electron chi connectivity index (χ3n) is 5.85. The zero-order valence-corrected chi connectivity index (χ0v) is 18.1. The van der Waals surface area contributed by atoms with Crippen LogP contribution in [0.2, 0.25) is 0 Å². The standard InChI is InChI=1S/C20H36N6S/c1-4-21-19(25-14-11-16(2)12-15-25)22-13-7-10-18-23-24-20(27-3)26(18)17-8-5-6-9-17/h16-17H,4-15H2,1-3H3,(H,21,22). The maximum absolute atomic E-state index is 4.90. The van der Waals surface area contributed by atoms with Gasteiger partial charge in [0.1, 0.15) is 5.82 Å². The molecule has 2 heterocycles. The average Bonchev–Trinajstić information content (AvgIpc) is 3.34. The van der Waals surface area contributed by atoms with Crippen LogP contribution in [0.15, 0.2) is 10.1 Å².